The number of carbonyl (C=O) groups excluding carboxylic acids is 2. The lowest BCUT2D eigenvalue weighted by Gasteiger charge is -2.07. The Hall–Kier alpha value is -3.02. The van der Waals surface area contributed by atoms with Gasteiger partial charge in [-0.3, -0.25) is 4.79 Å². The number of carbonyl (C=O) groups is 2. The summed E-state index contributed by atoms with van der Waals surface area (Å²) < 4.78 is 17.6. The molecule has 6 heteroatoms. The maximum absolute atomic E-state index is 12.4. The summed E-state index contributed by atoms with van der Waals surface area (Å²) in [6.45, 7) is 7.95. The van der Waals surface area contributed by atoms with Crippen LogP contribution in [0.3, 0.4) is 0 Å². The van der Waals surface area contributed by atoms with E-state index in [1.165, 1.54) is 0 Å². The predicted molar refractivity (Wildman–Crippen MR) is 91.3 cm³/mol. The number of ketones is 1. The normalized spacial score (nSPS) is 12.1. The lowest BCUT2D eigenvalue weighted by Crippen LogP contribution is -2.15. The molecule has 0 radical (unpaired) electrons. The molecule has 0 spiro atoms. The largest absolute Gasteiger partial charge is 0.454 e. The summed E-state index contributed by atoms with van der Waals surface area (Å²) in [4.78, 5) is 24.5. The van der Waals surface area contributed by atoms with Gasteiger partial charge >= 0.3 is 5.97 Å². The van der Waals surface area contributed by atoms with Crippen molar-refractivity contribution in [2.75, 3.05) is 13.4 Å². The second-order valence-corrected chi connectivity index (χ2v) is 5.75. The van der Waals surface area contributed by atoms with Gasteiger partial charge < -0.3 is 18.8 Å². The van der Waals surface area contributed by atoms with Gasteiger partial charge in [-0.05, 0) is 38.1 Å². The average Bonchev–Trinajstić information content (AvgIpc) is 3.18. The number of Topliss-reactive ketones (excluding diaryl/α,β-unsaturated/α-hetero) is 1. The van der Waals surface area contributed by atoms with Crippen molar-refractivity contribution in [1.29, 1.82) is 0 Å². The molecule has 1 aromatic heterocycles. The SMILES string of the molecule is C=CCn1c(C)cc(C(=O)COC(=O)c2ccc3c(c2)OCO3)c1C. The molecule has 0 unspecified atom stereocenters. The van der Waals surface area contributed by atoms with Crippen LogP contribution in [0, 0.1) is 13.8 Å². The lowest BCUT2D eigenvalue weighted by molar-refractivity contribution is 0.0474. The summed E-state index contributed by atoms with van der Waals surface area (Å²) in [7, 11) is 0. The van der Waals surface area contributed by atoms with Crippen LogP contribution in [-0.4, -0.2) is 29.7 Å². The number of ether oxygens (including phenoxy) is 3. The summed E-state index contributed by atoms with van der Waals surface area (Å²) in [5, 5.41) is 0. The summed E-state index contributed by atoms with van der Waals surface area (Å²) in [5.74, 6) is 0.264. The first-order valence-corrected chi connectivity index (χ1v) is 7.89. The van der Waals surface area contributed by atoms with E-state index in [0.717, 1.165) is 11.4 Å². The zero-order valence-corrected chi connectivity index (χ0v) is 14.2. The van der Waals surface area contributed by atoms with Gasteiger partial charge in [0.1, 0.15) is 0 Å². The molecule has 0 atom stereocenters. The van der Waals surface area contributed by atoms with Crippen LogP contribution in [0.1, 0.15) is 32.1 Å². The quantitative estimate of drug-likeness (QED) is 0.459. The zero-order valence-electron chi connectivity index (χ0n) is 14.2. The predicted octanol–water partition coefficient (Wildman–Crippen LogP) is 3.06. The van der Waals surface area contributed by atoms with Crippen molar-refractivity contribution < 1.29 is 23.8 Å². The average molecular weight is 341 g/mol. The van der Waals surface area contributed by atoms with E-state index >= 15 is 0 Å². The second kappa shape index (κ2) is 6.84. The molecule has 0 aliphatic carbocycles. The number of rotatable bonds is 6. The number of hydrogen-bond donors (Lipinski definition) is 0. The molecule has 25 heavy (non-hydrogen) atoms. The monoisotopic (exact) mass is 341 g/mol. The Bertz CT molecular complexity index is 850. The molecule has 0 saturated heterocycles. The summed E-state index contributed by atoms with van der Waals surface area (Å²) in [6, 6.07) is 6.57. The topological polar surface area (TPSA) is 66.8 Å². The van der Waals surface area contributed by atoms with Gasteiger partial charge in [0, 0.05) is 23.5 Å². The molecule has 130 valence electrons. The van der Waals surface area contributed by atoms with Gasteiger partial charge in [0.05, 0.1) is 5.56 Å². The van der Waals surface area contributed by atoms with Crippen LogP contribution >= 0.6 is 0 Å². The van der Waals surface area contributed by atoms with Crippen LogP contribution in [0.25, 0.3) is 0 Å². The molecule has 0 bridgehead atoms. The fourth-order valence-electron chi connectivity index (χ4n) is 2.81. The first-order valence-electron chi connectivity index (χ1n) is 7.89. The number of aryl methyl sites for hydroxylation is 1. The van der Waals surface area contributed by atoms with E-state index in [9.17, 15) is 9.59 Å². The fraction of sp³-hybridized carbons (Fsp3) is 0.263. The third-order valence-corrected chi connectivity index (χ3v) is 4.13. The van der Waals surface area contributed by atoms with Crippen molar-refractivity contribution >= 4 is 11.8 Å². The highest BCUT2D eigenvalue weighted by atomic mass is 16.7. The standard InChI is InChI=1S/C19H19NO5/c1-4-7-20-12(2)8-15(13(20)3)16(21)10-23-19(22)14-5-6-17-18(9-14)25-11-24-17/h4-6,8-9H,1,7,10-11H2,2-3H3. The van der Waals surface area contributed by atoms with E-state index in [4.69, 9.17) is 14.2 Å². The van der Waals surface area contributed by atoms with Crippen LogP contribution in [-0.2, 0) is 11.3 Å². The lowest BCUT2D eigenvalue weighted by atomic mass is 10.1. The number of esters is 1. The highest BCUT2D eigenvalue weighted by Crippen LogP contribution is 2.32. The van der Waals surface area contributed by atoms with E-state index in [1.54, 1.807) is 30.3 Å². The van der Waals surface area contributed by atoms with Gasteiger partial charge in [-0.15, -0.1) is 6.58 Å². The number of fused-ring (bicyclic) bond motifs is 1. The third-order valence-electron chi connectivity index (χ3n) is 4.13. The van der Waals surface area contributed by atoms with E-state index < -0.39 is 5.97 Å². The highest BCUT2D eigenvalue weighted by Gasteiger charge is 2.20. The first kappa shape index (κ1) is 16.8. The number of nitrogens with zero attached hydrogens (tertiary/aromatic N) is 1. The second-order valence-electron chi connectivity index (χ2n) is 5.75. The molecule has 6 nitrogen and oxygen atoms in total. The molecule has 1 aromatic carbocycles. The van der Waals surface area contributed by atoms with E-state index in [0.29, 0.717) is 29.2 Å². The molecular weight excluding hydrogens is 322 g/mol. The van der Waals surface area contributed by atoms with Crippen LogP contribution in [0.15, 0.2) is 36.9 Å². The van der Waals surface area contributed by atoms with Crippen LogP contribution in [0.4, 0.5) is 0 Å². The highest BCUT2D eigenvalue weighted by molar-refractivity contribution is 6.00. The molecule has 0 saturated carbocycles. The van der Waals surface area contributed by atoms with Gasteiger partial charge in [0.15, 0.2) is 18.1 Å². The molecule has 0 amide bonds. The summed E-state index contributed by atoms with van der Waals surface area (Å²) in [6.07, 6.45) is 1.77. The van der Waals surface area contributed by atoms with Crippen LogP contribution < -0.4 is 9.47 Å². The van der Waals surface area contributed by atoms with Crippen LogP contribution in [0.2, 0.25) is 0 Å². The number of benzene rings is 1. The fourth-order valence-corrected chi connectivity index (χ4v) is 2.81. The number of allylic oxidation sites excluding steroid dienone is 1. The molecule has 2 aromatic rings. The molecule has 0 N–H and O–H groups in total. The van der Waals surface area contributed by atoms with Gasteiger partial charge in [-0.25, -0.2) is 4.79 Å². The van der Waals surface area contributed by atoms with E-state index in [-0.39, 0.29) is 19.2 Å². The van der Waals surface area contributed by atoms with Gasteiger partial charge in [-0.1, -0.05) is 6.08 Å². The van der Waals surface area contributed by atoms with Gasteiger partial charge in [-0.2, -0.15) is 0 Å². The molecule has 2 heterocycles. The van der Waals surface area contributed by atoms with Crippen molar-refractivity contribution in [2.45, 2.75) is 20.4 Å². The van der Waals surface area contributed by atoms with Crippen LogP contribution in [0.5, 0.6) is 11.5 Å². The Labute approximate surface area is 145 Å². The molecule has 3 rings (SSSR count). The van der Waals surface area contributed by atoms with Crippen molar-refractivity contribution in [3.8, 4) is 11.5 Å². The van der Waals surface area contributed by atoms with Crippen molar-refractivity contribution in [3.63, 3.8) is 0 Å². The maximum atomic E-state index is 12.4. The minimum Gasteiger partial charge on any atom is -0.454 e. The Morgan fingerprint density at radius 2 is 2.00 bits per heavy atom. The Balaban J connectivity index is 1.67. The van der Waals surface area contributed by atoms with Crippen molar-refractivity contribution in [2.24, 2.45) is 0 Å². The number of aromatic nitrogens is 1. The van der Waals surface area contributed by atoms with Crippen molar-refractivity contribution in [3.05, 3.63) is 59.4 Å². The molecule has 0 fully saturated rings. The smallest absolute Gasteiger partial charge is 0.338 e. The molecule has 1 aliphatic heterocycles. The zero-order chi connectivity index (χ0) is 18.0. The van der Waals surface area contributed by atoms with E-state index in [2.05, 4.69) is 6.58 Å². The molecular formula is C19H19NO5. The Morgan fingerprint density at radius 3 is 2.76 bits per heavy atom. The summed E-state index contributed by atoms with van der Waals surface area (Å²) >= 11 is 0. The molecule has 1 aliphatic rings. The third kappa shape index (κ3) is 3.28. The van der Waals surface area contributed by atoms with Crippen molar-refractivity contribution in [1.82, 2.24) is 4.57 Å². The number of hydrogen-bond acceptors (Lipinski definition) is 5. The summed E-state index contributed by atoms with van der Waals surface area (Å²) in [5.41, 5.74) is 2.66. The van der Waals surface area contributed by atoms with Gasteiger partial charge in [0.2, 0.25) is 12.6 Å². The Morgan fingerprint density at radius 1 is 1.24 bits per heavy atom. The maximum Gasteiger partial charge on any atom is 0.338 e. The minimum absolute atomic E-state index is 0.132. The minimum atomic E-state index is -0.577. The van der Waals surface area contributed by atoms with Gasteiger partial charge in [0.25, 0.3) is 0 Å². The Kier molecular flexibility index (Phi) is 4.61. The van der Waals surface area contributed by atoms with E-state index in [1.807, 2.05) is 18.4 Å². The first-order chi connectivity index (χ1) is 12.0.